The van der Waals surface area contributed by atoms with Crippen molar-refractivity contribution in [3.63, 3.8) is 0 Å². The van der Waals surface area contributed by atoms with Crippen LogP contribution < -0.4 is 5.32 Å². The van der Waals surface area contributed by atoms with Gasteiger partial charge in [-0.2, -0.15) is 12.6 Å². The summed E-state index contributed by atoms with van der Waals surface area (Å²) in [6.45, 7) is 14.6. The molecule has 2 N–H and O–H groups in total. The molecule has 3 amide bonds. The Balaban J connectivity index is 1.09. The van der Waals surface area contributed by atoms with Crippen LogP contribution in [0.3, 0.4) is 0 Å². The number of aromatic amines is 1. The fourth-order valence-electron chi connectivity index (χ4n) is 6.87. The number of ether oxygens (including phenoxy) is 2. The van der Waals surface area contributed by atoms with Gasteiger partial charge in [-0.3, -0.25) is 9.69 Å². The molecule has 6 rings (SSSR count). The molecule has 0 bridgehead atoms. The molecule has 11 heteroatoms. The molecule has 51 heavy (non-hydrogen) atoms. The highest BCUT2D eigenvalue weighted by molar-refractivity contribution is 7.81. The van der Waals surface area contributed by atoms with Gasteiger partial charge < -0.3 is 24.7 Å². The van der Waals surface area contributed by atoms with E-state index in [0.717, 1.165) is 57.5 Å². The molecule has 0 radical (unpaired) electrons. The third-order valence-electron chi connectivity index (χ3n) is 9.55. The lowest BCUT2D eigenvalue weighted by Crippen LogP contribution is -2.49. The zero-order valence-electron chi connectivity index (χ0n) is 30.6. The SMILES string of the molecule is CC(C)(C)OC(=O)N1CCC(C(=O)Nc2ccc3cc(-c4ccc(-c5cnc(C6(C)CCCN6C(=O)OC(C)(C)C)[nH]5)cc4)ccc3c2)C(S)C1. The van der Waals surface area contributed by atoms with E-state index in [0.29, 0.717) is 26.1 Å². The molecule has 3 aromatic carbocycles. The highest BCUT2D eigenvalue weighted by Gasteiger charge is 2.45. The number of benzene rings is 3. The smallest absolute Gasteiger partial charge is 0.411 e. The van der Waals surface area contributed by atoms with E-state index in [2.05, 4.69) is 65.4 Å². The van der Waals surface area contributed by atoms with Crippen LogP contribution in [0.2, 0.25) is 0 Å². The number of amides is 3. The number of anilines is 1. The van der Waals surface area contributed by atoms with Crippen LogP contribution in [0.15, 0.2) is 66.9 Å². The van der Waals surface area contributed by atoms with Gasteiger partial charge in [0.05, 0.1) is 17.8 Å². The minimum atomic E-state index is -0.575. The Kier molecular flexibility index (Phi) is 9.89. The molecule has 1 aromatic heterocycles. The number of aromatic nitrogens is 2. The summed E-state index contributed by atoms with van der Waals surface area (Å²) in [5.41, 5.74) is 3.07. The molecule has 270 valence electrons. The number of carbonyl (C=O) groups is 3. The van der Waals surface area contributed by atoms with E-state index in [4.69, 9.17) is 14.5 Å². The number of nitrogens with one attached hydrogen (secondary N) is 2. The third-order valence-corrected chi connectivity index (χ3v) is 10.1. The van der Waals surface area contributed by atoms with Crippen molar-refractivity contribution < 1.29 is 23.9 Å². The van der Waals surface area contributed by atoms with Gasteiger partial charge in [-0.25, -0.2) is 14.6 Å². The van der Waals surface area contributed by atoms with E-state index in [1.807, 2.05) is 72.9 Å². The number of nitrogens with zero attached hydrogens (tertiary/aromatic N) is 3. The van der Waals surface area contributed by atoms with E-state index >= 15 is 0 Å². The van der Waals surface area contributed by atoms with E-state index < -0.39 is 16.7 Å². The number of carbonyl (C=O) groups excluding carboxylic acids is 3. The first kappa shape index (κ1) is 36.3. The molecule has 3 atom stereocenters. The van der Waals surface area contributed by atoms with Crippen molar-refractivity contribution in [1.29, 1.82) is 0 Å². The molecular formula is C40H49N5O5S. The number of imidazole rings is 1. The Bertz CT molecular complexity index is 1930. The average molecular weight is 712 g/mol. The first-order chi connectivity index (χ1) is 24.0. The molecule has 2 fully saturated rings. The number of thiol groups is 1. The van der Waals surface area contributed by atoms with Crippen LogP contribution in [0.1, 0.15) is 73.6 Å². The first-order valence-corrected chi connectivity index (χ1v) is 18.2. The maximum Gasteiger partial charge on any atom is 0.411 e. The summed E-state index contributed by atoms with van der Waals surface area (Å²) in [6, 6.07) is 20.5. The molecule has 0 spiro atoms. The van der Waals surface area contributed by atoms with Crippen LogP contribution in [0.25, 0.3) is 33.2 Å². The average Bonchev–Trinajstić information content (AvgIpc) is 3.71. The van der Waals surface area contributed by atoms with E-state index in [9.17, 15) is 14.4 Å². The minimum Gasteiger partial charge on any atom is -0.444 e. The summed E-state index contributed by atoms with van der Waals surface area (Å²) >= 11 is 4.67. The molecular weight excluding hydrogens is 663 g/mol. The topological polar surface area (TPSA) is 117 Å². The third kappa shape index (κ3) is 8.19. The maximum atomic E-state index is 13.2. The lowest BCUT2D eigenvalue weighted by molar-refractivity contribution is -0.121. The number of hydrogen-bond acceptors (Lipinski definition) is 7. The minimum absolute atomic E-state index is 0.1000. The summed E-state index contributed by atoms with van der Waals surface area (Å²) in [6.07, 6.45) is 3.35. The highest BCUT2D eigenvalue weighted by atomic mass is 32.1. The number of fused-ring (bicyclic) bond motifs is 1. The second-order valence-electron chi connectivity index (χ2n) is 15.9. The second-order valence-corrected chi connectivity index (χ2v) is 16.6. The number of hydrogen-bond donors (Lipinski definition) is 3. The summed E-state index contributed by atoms with van der Waals surface area (Å²) in [5.74, 6) is 0.334. The van der Waals surface area contributed by atoms with E-state index in [1.54, 1.807) is 9.80 Å². The lowest BCUT2D eigenvalue weighted by Gasteiger charge is -2.36. The summed E-state index contributed by atoms with van der Waals surface area (Å²) < 4.78 is 11.2. The number of rotatable bonds is 5. The largest absolute Gasteiger partial charge is 0.444 e. The number of H-pyrrole nitrogens is 1. The molecule has 3 unspecified atom stereocenters. The van der Waals surface area contributed by atoms with Gasteiger partial charge in [0, 0.05) is 30.6 Å². The van der Waals surface area contributed by atoms with Gasteiger partial charge in [0.25, 0.3) is 0 Å². The standard InChI is InChI=1S/C40H49N5O5S/c1-38(2,3)49-36(47)44-20-17-31(33(51)24-44)34(46)42-30-16-15-28-21-27(13-14-29(28)22-30)25-9-11-26(12-10-25)32-23-41-35(43-32)40(7)18-8-19-45(40)37(48)50-39(4,5)6/h9-16,21-23,31,33,51H,8,17-20,24H2,1-7H3,(H,41,43)(H,42,46). The molecule has 0 saturated carbocycles. The van der Waals surface area contributed by atoms with E-state index in [1.165, 1.54) is 0 Å². The lowest BCUT2D eigenvalue weighted by atomic mass is 9.95. The number of likely N-dealkylation sites (tertiary alicyclic amines) is 2. The van der Waals surface area contributed by atoms with Gasteiger partial charge in [-0.15, -0.1) is 0 Å². The number of piperidine rings is 1. The molecule has 4 aromatic rings. The van der Waals surface area contributed by atoms with E-state index in [-0.39, 0.29) is 29.3 Å². The normalized spacial score (nSPS) is 21.1. The van der Waals surface area contributed by atoms with Crippen LogP contribution in [-0.2, 0) is 19.8 Å². The van der Waals surface area contributed by atoms with Crippen LogP contribution >= 0.6 is 12.6 Å². The van der Waals surface area contributed by atoms with Crippen LogP contribution in [-0.4, -0.2) is 73.9 Å². The van der Waals surface area contributed by atoms with Gasteiger partial charge in [0.15, 0.2) is 0 Å². The fraction of sp³-hybridized carbons (Fsp3) is 0.450. The Labute approximate surface area is 305 Å². The van der Waals surface area contributed by atoms with Crippen molar-refractivity contribution in [2.45, 2.75) is 89.7 Å². The zero-order valence-corrected chi connectivity index (χ0v) is 31.5. The Hall–Kier alpha value is -4.51. The van der Waals surface area contributed by atoms with Crippen molar-refractivity contribution in [1.82, 2.24) is 19.8 Å². The molecule has 2 aliphatic rings. The quantitative estimate of drug-likeness (QED) is 0.179. The van der Waals surface area contributed by atoms with Crippen LogP contribution in [0.4, 0.5) is 15.3 Å². The van der Waals surface area contributed by atoms with Crippen LogP contribution in [0, 0.1) is 5.92 Å². The first-order valence-electron chi connectivity index (χ1n) is 17.7. The molecule has 2 aliphatic heterocycles. The van der Waals surface area contributed by atoms with Crippen molar-refractivity contribution in [2.24, 2.45) is 5.92 Å². The molecule has 10 nitrogen and oxygen atoms in total. The van der Waals surface area contributed by atoms with Gasteiger partial charge in [-0.05, 0) is 113 Å². The van der Waals surface area contributed by atoms with Crippen molar-refractivity contribution >= 4 is 47.2 Å². The Morgan fingerprint density at radius 1 is 0.863 bits per heavy atom. The van der Waals surface area contributed by atoms with Crippen molar-refractivity contribution in [3.8, 4) is 22.4 Å². The second kappa shape index (κ2) is 13.9. The van der Waals surface area contributed by atoms with Gasteiger partial charge >= 0.3 is 12.2 Å². The van der Waals surface area contributed by atoms with Crippen LogP contribution in [0.5, 0.6) is 0 Å². The predicted octanol–water partition coefficient (Wildman–Crippen LogP) is 8.64. The van der Waals surface area contributed by atoms with Gasteiger partial charge in [0.2, 0.25) is 5.91 Å². The Morgan fingerprint density at radius 3 is 2.18 bits per heavy atom. The summed E-state index contributed by atoms with van der Waals surface area (Å²) in [5, 5.41) is 4.85. The van der Waals surface area contributed by atoms with Gasteiger partial charge in [-0.1, -0.05) is 42.5 Å². The fourth-order valence-corrected chi connectivity index (χ4v) is 7.35. The highest BCUT2D eigenvalue weighted by Crippen LogP contribution is 2.39. The summed E-state index contributed by atoms with van der Waals surface area (Å²) in [4.78, 5) is 50.3. The van der Waals surface area contributed by atoms with Crippen molar-refractivity contribution in [2.75, 3.05) is 25.0 Å². The Morgan fingerprint density at radius 2 is 1.49 bits per heavy atom. The van der Waals surface area contributed by atoms with Gasteiger partial charge in [0.1, 0.15) is 22.6 Å². The molecule has 3 heterocycles. The van der Waals surface area contributed by atoms with Crippen molar-refractivity contribution in [3.05, 3.63) is 72.7 Å². The summed E-state index contributed by atoms with van der Waals surface area (Å²) in [7, 11) is 0. The predicted molar refractivity (Wildman–Crippen MR) is 204 cm³/mol. The maximum absolute atomic E-state index is 13.2. The zero-order chi connectivity index (χ0) is 36.7. The molecule has 2 saturated heterocycles. The molecule has 0 aliphatic carbocycles. The monoisotopic (exact) mass is 711 g/mol.